The number of nitrogens with zero attached hydrogens (tertiary/aromatic N) is 1. The lowest BCUT2D eigenvalue weighted by molar-refractivity contribution is 0.454. The van der Waals surface area contributed by atoms with Crippen molar-refractivity contribution >= 4 is 0 Å². The average molecular weight is 255 g/mol. The highest BCUT2D eigenvalue weighted by Gasteiger charge is 2.18. The fourth-order valence-electron chi connectivity index (χ4n) is 2.81. The van der Waals surface area contributed by atoms with Gasteiger partial charge in [0.1, 0.15) is 0 Å². The molecule has 19 heavy (non-hydrogen) atoms. The second-order valence-corrected chi connectivity index (χ2v) is 5.57. The topological polar surface area (TPSA) is 40.7 Å². The first-order chi connectivity index (χ1) is 9.24. The minimum atomic E-state index is 0.583. The first kappa shape index (κ1) is 12.4. The molecule has 0 spiro atoms. The van der Waals surface area contributed by atoms with Crippen LogP contribution in [0.2, 0.25) is 0 Å². The van der Waals surface area contributed by atoms with E-state index in [-0.39, 0.29) is 0 Å². The van der Waals surface area contributed by atoms with E-state index in [1.807, 2.05) is 0 Å². The molecule has 1 atom stereocenters. The van der Waals surface area contributed by atoms with Gasteiger partial charge < -0.3 is 5.32 Å². The Labute approximate surface area is 114 Å². The van der Waals surface area contributed by atoms with Gasteiger partial charge in [0.15, 0.2) is 0 Å². The molecule has 2 aromatic rings. The molecule has 0 radical (unpaired) electrons. The summed E-state index contributed by atoms with van der Waals surface area (Å²) in [6.07, 6.45) is 2.50. The Balaban J connectivity index is 1.89. The summed E-state index contributed by atoms with van der Waals surface area (Å²) in [4.78, 5) is 0. The molecule has 1 aromatic carbocycles. The van der Waals surface area contributed by atoms with E-state index < -0.39 is 0 Å². The fraction of sp³-hybridized carbons (Fsp3) is 0.438. The molecule has 3 rings (SSSR count). The van der Waals surface area contributed by atoms with Crippen LogP contribution in [-0.2, 0) is 0 Å². The SMILES string of the molecule is Cc1ccc(C)c(-c2cc(C3CCCNC3)[nH]n2)c1. The Hall–Kier alpha value is -1.61. The number of aromatic amines is 1. The molecule has 3 heteroatoms. The van der Waals surface area contributed by atoms with Crippen molar-refractivity contribution in [3.8, 4) is 11.3 Å². The molecule has 1 saturated heterocycles. The van der Waals surface area contributed by atoms with Crippen LogP contribution in [0.5, 0.6) is 0 Å². The fourth-order valence-corrected chi connectivity index (χ4v) is 2.81. The molecule has 1 fully saturated rings. The third kappa shape index (κ3) is 2.56. The maximum absolute atomic E-state index is 4.51. The highest BCUT2D eigenvalue weighted by Crippen LogP contribution is 2.27. The third-order valence-electron chi connectivity index (χ3n) is 4.00. The maximum atomic E-state index is 4.51. The predicted octanol–water partition coefficient (Wildman–Crippen LogP) is 3.16. The van der Waals surface area contributed by atoms with E-state index in [1.165, 1.54) is 35.2 Å². The van der Waals surface area contributed by atoms with Crippen molar-refractivity contribution < 1.29 is 0 Å². The lowest BCUT2D eigenvalue weighted by atomic mass is 9.95. The highest BCUT2D eigenvalue weighted by atomic mass is 15.1. The number of benzene rings is 1. The number of hydrogen-bond donors (Lipinski definition) is 2. The summed E-state index contributed by atoms with van der Waals surface area (Å²) in [7, 11) is 0. The van der Waals surface area contributed by atoms with E-state index in [9.17, 15) is 0 Å². The van der Waals surface area contributed by atoms with Gasteiger partial charge in [0.2, 0.25) is 0 Å². The first-order valence-corrected chi connectivity index (χ1v) is 7.07. The molecule has 1 unspecified atom stereocenters. The molecule has 2 heterocycles. The lowest BCUT2D eigenvalue weighted by Crippen LogP contribution is -2.28. The minimum Gasteiger partial charge on any atom is -0.316 e. The molecule has 0 bridgehead atoms. The Kier molecular flexibility index (Phi) is 3.38. The Morgan fingerprint density at radius 1 is 1.21 bits per heavy atom. The number of H-pyrrole nitrogens is 1. The van der Waals surface area contributed by atoms with E-state index in [0.717, 1.165) is 18.8 Å². The predicted molar refractivity (Wildman–Crippen MR) is 78.3 cm³/mol. The number of rotatable bonds is 2. The lowest BCUT2D eigenvalue weighted by Gasteiger charge is -2.21. The van der Waals surface area contributed by atoms with Gasteiger partial charge in [0, 0.05) is 23.7 Å². The van der Waals surface area contributed by atoms with Crippen LogP contribution >= 0.6 is 0 Å². The van der Waals surface area contributed by atoms with Crippen molar-refractivity contribution in [3.63, 3.8) is 0 Å². The Bertz CT molecular complexity index is 565. The van der Waals surface area contributed by atoms with E-state index >= 15 is 0 Å². The number of piperidine rings is 1. The van der Waals surface area contributed by atoms with Crippen molar-refractivity contribution in [2.75, 3.05) is 13.1 Å². The first-order valence-electron chi connectivity index (χ1n) is 7.07. The summed E-state index contributed by atoms with van der Waals surface area (Å²) in [6.45, 7) is 6.48. The zero-order valence-electron chi connectivity index (χ0n) is 11.7. The smallest absolute Gasteiger partial charge is 0.0926 e. The summed E-state index contributed by atoms with van der Waals surface area (Å²) < 4.78 is 0. The molecule has 0 saturated carbocycles. The van der Waals surface area contributed by atoms with Gasteiger partial charge in [0.25, 0.3) is 0 Å². The molecule has 1 aromatic heterocycles. The average Bonchev–Trinajstić information content (AvgIpc) is 2.92. The molecule has 0 amide bonds. The van der Waals surface area contributed by atoms with Crippen LogP contribution in [0, 0.1) is 13.8 Å². The van der Waals surface area contributed by atoms with Crippen LogP contribution in [0.4, 0.5) is 0 Å². The van der Waals surface area contributed by atoms with Crippen molar-refractivity contribution in [3.05, 3.63) is 41.1 Å². The largest absolute Gasteiger partial charge is 0.316 e. The van der Waals surface area contributed by atoms with E-state index in [4.69, 9.17) is 0 Å². The molecular weight excluding hydrogens is 234 g/mol. The van der Waals surface area contributed by atoms with Gasteiger partial charge in [-0.05, 0) is 50.9 Å². The van der Waals surface area contributed by atoms with Gasteiger partial charge in [0.05, 0.1) is 5.69 Å². The molecule has 0 aliphatic carbocycles. The molecule has 100 valence electrons. The number of aryl methyl sites for hydroxylation is 2. The Morgan fingerprint density at radius 2 is 2.11 bits per heavy atom. The van der Waals surface area contributed by atoms with Gasteiger partial charge in [-0.25, -0.2) is 0 Å². The number of nitrogens with one attached hydrogen (secondary N) is 2. The van der Waals surface area contributed by atoms with Gasteiger partial charge in [-0.2, -0.15) is 5.10 Å². The van der Waals surface area contributed by atoms with Gasteiger partial charge in [-0.3, -0.25) is 5.10 Å². The standard InChI is InChI=1S/C16H21N3/c1-11-5-6-12(2)14(8-11)16-9-15(18-19-16)13-4-3-7-17-10-13/h5-6,8-9,13,17H,3-4,7,10H2,1-2H3,(H,18,19). The highest BCUT2D eigenvalue weighted by molar-refractivity contribution is 5.64. The molecule has 1 aliphatic rings. The second kappa shape index (κ2) is 5.17. The van der Waals surface area contributed by atoms with Crippen LogP contribution in [0.3, 0.4) is 0 Å². The van der Waals surface area contributed by atoms with E-state index in [1.54, 1.807) is 0 Å². The molecule has 1 aliphatic heterocycles. The van der Waals surface area contributed by atoms with Gasteiger partial charge >= 0.3 is 0 Å². The van der Waals surface area contributed by atoms with Gasteiger partial charge in [-0.15, -0.1) is 0 Å². The quantitative estimate of drug-likeness (QED) is 0.865. The van der Waals surface area contributed by atoms with E-state index in [0.29, 0.717) is 5.92 Å². The number of hydrogen-bond acceptors (Lipinski definition) is 2. The minimum absolute atomic E-state index is 0.583. The zero-order valence-corrected chi connectivity index (χ0v) is 11.7. The molecular formula is C16H21N3. The van der Waals surface area contributed by atoms with Crippen molar-refractivity contribution in [2.24, 2.45) is 0 Å². The van der Waals surface area contributed by atoms with Crippen LogP contribution in [0.1, 0.15) is 35.6 Å². The normalized spacial score (nSPS) is 19.6. The summed E-state index contributed by atoms with van der Waals surface area (Å²) in [6, 6.07) is 8.76. The summed E-state index contributed by atoms with van der Waals surface area (Å²) in [5.74, 6) is 0.583. The van der Waals surface area contributed by atoms with Crippen LogP contribution in [0.15, 0.2) is 24.3 Å². The molecule has 3 nitrogen and oxygen atoms in total. The zero-order chi connectivity index (χ0) is 13.2. The molecule has 2 N–H and O–H groups in total. The maximum Gasteiger partial charge on any atom is 0.0926 e. The van der Waals surface area contributed by atoms with Crippen molar-refractivity contribution in [1.82, 2.24) is 15.5 Å². The van der Waals surface area contributed by atoms with Crippen LogP contribution < -0.4 is 5.32 Å². The number of aromatic nitrogens is 2. The summed E-state index contributed by atoms with van der Waals surface area (Å²) in [5, 5.41) is 11.2. The summed E-state index contributed by atoms with van der Waals surface area (Å²) in [5.41, 5.74) is 6.14. The van der Waals surface area contributed by atoms with Crippen molar-refractivity contribution in [2.45, 2.75) is 32.6 Å². The van der Waals surface area contributed by atoms with Crippen LogP contribution in [-0.4, -0.2) is 23.3 Å². The summed E-state index contributed by atoms with van der Waals surface area (Å²) >= 11 is 0. The van der Waals surface area contributed by atoms with Crippen molar-refractivity contribution in [1.29, 1.82) is 0 Å². The second-order valence-electron chi connectivity index (χ2n) is 5.57. The van der Waals surface area contributed by atoms with Crippen LogP contribution in [0.25, 0.3) is 11.3 Å². The third-order valence-corrected chi connectivity index (χ3v) is 4.00. The van der Waals surface area contributed by atoms with E-state index in [2.05, 4.69) is 53.6 Å². The monoisotopic (exact) mass is 255 g/mol. The van der Waals surface area contributed by atoms with Gasteiger partial charge in [-0.1, -0.05) is 17.7 Å². The Morgan fingerprint density at radius 3 is 2.89 bits per heavy atom.